The van der Waals surface area contributed by atoms with E-state index < -0.39 is 0 Å². The summed E-state index contributed by atoms with van der Waals surface area (Å²) in [6.07, 6.45) is 2.80. The standard InChI is InChI=1S/C15H26N2S/c1-9(12-7-8-12)16-10(2)13-11(3)17-14(18-13)15(4,5)6/h9-10,12,16H,7-8H2,1-6H3. The number of nitrogens with one attached hydrogen (secondary N) is 1. The molecule has 1 fully saturated rings. The lowest BCUT2D eigenvalue weighted by Crippen LogP contribution is -2.30. The average Bonchev–Trinajstić information content (AvgIpc) is 3.00. The molecule has 3 heteroatoms. The summed E-state index contributed by atoms with van der Waals surface area (Å²) in [5, 5.41) is 4.99. The van der Waals surface area contributed by atoms with Gasteiger partial charge < -0.3 is 5.32 Å². The Kier molecular flexibility index (Phi) is 3.84. The highest BCUT2D eigenvalue weighted by Gasteiger charge is 2.30. The summed E-state index contributed by atoms with van der Waals surface area (Å²) in [6.45, 7) is 13.4. The summed E-state index contributed by atoms with van der Waals surface area (Å²) in [4.78, 5) is 6.16. The molecule has 1 heterocycles. The van der Waals surface area contributed by atoms with Crippen LogP contribution in [0, 0.1) is 12.8 Å². The fraction of sp³-hybridized carbons (Fsp3) is 0.800. The highest BCUT2D eigenvalue weighted by atomic mass is 32.1. The van der Waals surface area contributed by atoms with E-state index >= 15 is 0 Å². The lowest BCUT2D eigenvalue weighted by atomic mass is 9.98. The predicted molar refractivity (Wildman–Crippen MR) is 79.3 cm³/mol. The van der Waals surface area contributed by atoms with Crippen LogP contribution in [-0.4, -0.2) is 11.0 Å². The topological polar surface area (TPSA) is 24.9 Å². The van der Waals surface area contributed by atoms with E-state index in [1.807, 2.05) is 11.3 Å². The molecule has 2 rings (SSSR count). The van der Waals surface area contributed by atoms with Gasteiger partial charge in [-0.3, -0.25) is 0 Å². The maximum absolute atomic E-state index is 4.75. The minimum Gasteiger partial charge on any atom is -0.307 e. The zero-order valence-electron chi connectivity index (χ0n) is 12.5. The first-order valence-corrected chi connectivity index (χ1v) is 7.84. The Morgan fingerprint density at radius 1 is 1.28 bits per heavy atom. The fourth-order valence-electron chi connectivity index (χ4n) is 2.33. The number of thiazole rings is 1. The van der Waals surface area contributed by atoms with E-state index in [0.717, 1.165) is 5.92 Å². The normalized spacial score (nSPS) is 19.9. The lowest BCUT2D eigenvalue weighted by Gasteiger charge is -2.19. The molecule has 2 unspecified atom stereocenters. The van der Waals surface area contributed by atoms with Crippen LogP contribution in [-0.2, 0) is 5.41 Å². The van der Waals surface area contributed by atoms with Gasteiger partial charge in [0.2, 0.25) is 0 Å². The molecule has 1 saturated carbocycles. The Labute approximate surface area is 115 Å². The van der Waals surface area contributed by atoms with Gasteiger partial charge in [-0.15, -0.1) is 11.3 Å². The van der Waals surface area contributed by atoms with Crippen LogP contribution < -0.4 is 5.32 Å². The largest absolute Gasteiger partial charge is 0.307 e. The van der Waals surface area contributed by atoms with Gasteiger partial charge in [0.05, 0.1) is 10.7 Å². The maximum atomic E-state index is 4.75. The van der Waals surface area contributed by atoms with Crippen LogP contribution in [0.1, 0.15) is 69.1 Å². The molecular formula is C15H26N2S. The monoisotopic (exact) mass is 266 g/mol. The molecule has 2 atom stereocenters. The molecule has 0 bridgehead atoms. The molecule has 0 amide bonds. The van der Waals surface area contributed by atoms with Crippen molar-refractivity contribution in [2.45, 2.75) is 71.9 Å². The van der Waals surface area contributed by atoms with Gasteiger partial charge in [0, 0.05) is 22.4 Å². The Morgan fingerprint density at radius 3 is 2.33 bits per heavy atom. The zero-order chi connectivity index (χ0) is 13.5. The molecule has 2 nitrogen and oxygen atoms in total. The summed E-state index contributed by atoms with van der Waals surface area (Å²) in [6, 6.07) is 1.06. The third kappa shape index (κ3) is 3.12. The van der Waals surface area contributed by atoms with Crippen molar-refractivity contribution in [1.29, 1.82) is 0 Å². The Balaban J connectivity index is 2.09. The van der Waals surface area contributed by atoms with Crippen molar-refractivity contribution in [2.75, 3.05) is 0 Å². The van der Waals surface area contributed by atoms with Gasteiger partial charge in [-0.2, -0.15) is 0 Å². The quantitative estimate of drug-likeness (QED) is 0.883. The van der Waals surface area contributed by atoms with E-state index in [1.54, 1.807) is 0 Å². The minimum atomic E-state index is 0.162. The van der Waals surface area contributed by atoms with Crippen molar-refractivity contribution in [1.82, 2.24) is 10.3 Å². The third-order valence-electron chi connectivity index (χ3n) is 3.71. The molecule has 1 aliphatic carbocycles. The Hall–Kier alpha value is -0.410. The number of rotatable bonds is 4. The number of hydrogen-bond acceptors (Lipinski definition) is 3. The van der Waals surface area contributed by atoms with Gasteiger partial charge in [0.15, 0.2) is 0 Å². The van der Waals surface area contributed by atoms with Crippen LogP contribution in [0.4, 0.5) is 0 Å². The van der Waals surface area contributed by atoms with E-state index in [9.17, 15) is 0 Å². The second-order valence-corrected chi connectivity index (χ2v) is 7.76. The SMILES string of the molecule is Cc1nc(C(C)(C)C)sc1C(C)NC(C)C1CC1. The number of hydrogen-bond donors (Lipinski definition) is 1. The van der Waals surface area contributed by atoms with Crippen molar-refractivity contribution >= 4 is 11.3 Å². The highest BCUT2D eigenvalue weighted by molar-refractivity contribution is 7.12. The van der Waals surface area contributed by atoms with Gasteiger partial charge in [0.1, 0.15) is 0 Å². The molecule has 0 aliphatic heterocycles. The van der Waals surface area contributed by atoms with Gasteiger partial charge in [-0.25, -0.2) is 4.98 Å². The molecular weight excluding hydrogens is 240 g/mol. The van der Waals surface area contributed by atoms with E-state index in [0.29, 0.717) is 12.1 Å². The predicted octanol–water partition coefficient (Wildman–Crippen LogP) is 4.20. The van der Waals surface area contributed by atoms with Crippen LogP contribution in [0.2, 0.25) is 0 Å². The van der Waals surface area contributed by atoms with Gasteiger partial charge >= 0.3 is 0 Å². The van der Waals surface area contributed by atoms with Gasteiger partial charge in [-0.05, 0) is 39.5 Å². The van der Waals surface area contributed by atoms with Crippen LogP contribution in [0.5, 0.6) is 0 Å². The van der Waals surface area contributed by atoms with Crippen LogP contribution >= 0.6 is 11.3 Å². The molecule has 1 N–H and O–H groups in total. The second kappa shape index (κ2) is 4.93. The second-order valence-electron chi connectivity index (χ2n) is 6.73. The van der Waals surface area contributed by atoms with Crippen LogP contribution in [0.15, 0.2) is 0 Å². The van der Waals surface area contributed by atoms with Gasteiger partial charge in [0.25, 0.3) is 0 Å². The molecule has 1 aliphatic rings. The molecule has 0 saturated heterocycles. The molecule has 1 aromatic heterocycles. The van der Waals surface area contributed by atoms with E-state index in [2.05, 4.69) is 46.9 Å². The van der Waals surface area contributed by atoms with Crippen molar-refractivity contribution in [3.63, 3.8) is 0 Å². The molecule has 0 aromatic carbocycles. The summed E-state index contributed by atoms with van der Waals surface area (Å²) >= 11 is 1.88. The minimum absolute atomic E-state index is 0.162. The summed E-state index contributed by atoms with van der Waals surface area (Å²) in [7, 11) is 0. The first-order chi connectivity index (χ1) is 8.29. The smallest absolute Gasteiger partial charge is 0.0985 e. The Morgan fingerprint density at radius 2 is 1.89 bits per heavy atom. The summed E-state index contributed by atoms with van der Waals surface area (Å²) in [5.74, 6) is 0.905. The van der Waals surface area contributed by atoms with Crippen molar-refractivity contribution in [2.24, 2.45) is 5.92 Å². The van der Waals surface area contributed by atoms with E-state index in [4.69, 9.17) is 4.98 Å². The third-order valence-corrected chi connectivity index (χ3v) is 5.48. The number of aryl methyl sites for hydroxylation is 1. The average molecular weight is 266 g/mol. The maximum Gasteiger partial charge on any atom is 0.0985 e. The fourth-order valence-corrected chi connectivity index (χ4v) is 3.47. The van der Waals surface area contributed by atoms with Crippen molar-refractivity contribution < 1.29 is 0 Å². The number of nitrogens with zero attached hydrogens (tertiary/aromatic N) is 1. The molecule has 102 valence electrons. The molecule has 18 heavy (non-hydrogen) atoms. The highest BCUT2D eigenvalue weighted by Crippen LogP contribution is 2.36. The molecule has 0 radical (unpaired) electrons. The van der Waals surface area contributed by atoms with Crippen molar-refractivity contribution in [3.05, 3.63) is 15.6 Å². The molecule has 1 aromatic rings. The zero-order valence-corrected chi connectivity index (χ0v) is 13.3. The van der Waals surface area contributed by atoms with Crippen molar-refractivity contribution in [3.8, 4) is 0 Å². The first kappa shape index (κ1) is 14.0. The van der Waals surface area contributed by atoms with Gasteiger partial charge in [-0.1, -0.05) is 20.8 Å². The first-order valence-electron chi connectivity index (χ1n) is 7.03. The van der Waals surface area contributed by atoms with Crippen LogP contribution in [0.3, 0.4) is 0 Å². The molecule has 0 spiro atoms. The summed E-state index contributed by atoms with van der Waals surface area (Å²) < 4.78 is 0. The van der Waals surface area contributed by atoms with E-state index in [-0.39, 0.29) is 5.41 Å². The number of aromatic nitrogens is 1. The van der Waals surface area contributed by atoms with Crippen LogP contribution in [0.25, 0.3) is 0 Å². The van der Waals surface area contributed by atoms with E-state index in [1.165, 1.54) is 28.4 Å². The lowest BCUT2D eigenvalue weighted by molar-refractivity contribution is 0.444. The Bertz CT molecular complexity index is 413. The summed E-state index contributed by atoms with van der Waals surface area (Å²) in [5.41, 5.74) is 1.36.